The van der Waals surface area contributed by atoms with Crippen LogP contribution in [0.1, 0.15) is 25.3 Å². The molecule has 0 spiro atoms. The summed E-state index contributed by atoms with van der Waals surface area (Å²) >= 11 is 0. The number of carbonyl (C=O) groups is 1. The number of methoxy groups -OCH3 is 2. The van der Waals surface area contributed by atoms with Crippen LogP contribution in [0, 0.1) is 0 Å². The summed E-state index contributed by atoms with van der Waals surface area (Å²) in [7, 11) is 4.99. The summed E-state index contributed by atoms with van der Waals surface area (Å²) in [5.74, 6) is 2.35. The molecule has 1 atom stereocenters. The summed E-state index contributed by atoms with van der Waals surface area (Å²) in [6.45, 7) is 4.04. The number of rotatable bonds is 6. The Bertz CT molecular complexity index is 618. The smallest absolute Gasteiger partial charge is 0.222 e. The van der Waals surface area contributed by atoms with Gasteiger partial charge in [-0.15, -0.1) is 0 Å². The maximum atomic E-state index is 11.8. The standard InChI is InChI=1S/C18H28N4O3/c1-5-17(23)22-9-8-14(12-22)21-18(19-2)20-11-13-6-7-15(24-3)16(10-13)25-4/h6-7,10,14H,5,8-9,11-12H2,1-4H3,(H2,19,20,21). The highest BCUT2D eigenvalue weighted by Crippen LogP contribution is 2.27. The molecule has 1 heterocycles. The molecule has 1 aromatic carbocycles. The van der Waals surface area contributed by atoms with Crippen LogP contribution in [0.4, 0.5) is 0 Å². The Morgan fingerprint density at radius 3 is 2.72 bits per heavy atom. The molecular weight excluding hydrogens is 320 g/mol. The maximum Gasteiger partial charge on any atom is 0.222 e. The molecule has 1 fully saturated rings. The normalized spacial score (nSPS) is 17.4. The Balaban J connectivity index is 1.88. The Morgan fingerprint density at radius 2 is 2.08 bits per heavy atom. The van der Waals surface area contributed by atoms with Crippen molar-refractivity contribution in [1.29, 1.82) is 0 Å². The van der Waals surface area contributed by atoms with Crippen LogP contribution in [0.2, 0.25) is 0 Å². The number of amides is 1. The largest absolute Gasteiger partial charge is 0.493 e. The molecule has 0 bridgehead atoms. The van der Waals surface area contributed by atoms with E-state index in [0.29, 0.717) is 24.5 Å². The van der Waals surface area contributed by atoms with Gasteiger partial charge in [-0.05, 0) is 24.1 Å². The van der Waals surface area contributed by atoms with Gasteiger partial charge in [-0.3, -0.25) is 9.79 Å². The third-order valence-corrected chi connectivity index (χ3v) is 4.32. The number of guanidine groups is 1. The van der Waals surface area contributed by atoms with E-state index in [2.05, 4.69) is 15.6 Å². The van der Waals surface area contributed by atoms with Crippen LogP contribution in [0.3, 0.4) is 0 Å². The second-order valence-corrected chi connectivity index (χ2v) is 5.94. The molecule has 1 amide bonds. The average molecular weight is 348 g/mol. The summed E-state index contributed by atoms with van der Waals surface area (Å²) < 4.78 is 10.6. The number of hydrogen-bond acceptors (Lipinski definition) is 4. The van der Waals surface area contributed by atoms with Gasteiger partial charge in [0.1, 0.15) is 0 Å². The maximum absolute atomic E-state index is 11.8. The highest BCUT2D eigenvalue weighted by molar-refractivity contribution is 5.80. The fourth-order valence-corrected chi connectivity index (χ4v) is 2.89. The van der Waals surface area contributed by atoms with Crippen molar-refractivity contribution in [2.24, 2.45) is 4.99 Å². The predicted octanol–water partition coefficient (Wildman–Crippen LogP) is 1.38. The van der Waals surface area contributed by atoms with E-state index in [0.717, 1.165) is 31.0 Å². The fraction of sp³-hybridized carbons (Fsp3) is 0.556. The van der Waals surface area contributed by atoms with Crippen LogP contribution < -0.4 is 20.1 Å². The van der Waals surface area contributed by atoms with Crippen LogP contribution >= 0.6 is 0 Å². The summed E-state index contributed by atoms with van der Waals surface area (Å²) in [6, 6.07) is 6.04. The molecule has 0 saturated carbocycles. The first-order valence-electron chi connectivity index (χ1n) is 8.57. The molecule has 0 radical (unpaired) electrons. The first kappa shape index (κ1) is 18.9. The molecule has 25 heavy (non-hydrogen) atoms. The lowest BCUT2D eigenvalue weighted by atomic mass is 10.2. The van der Waals surface area contributed by atoms with E-state index < -0.39 is 0 Å². The van der Waals surface area contributed by atoms with Crippen molar-refractivity contribution in [2.75, 3.05) is 34.4 Å². The van der Waals surface area contributed by atoms with E-state index in [9.17, 15) is 4.79 Å². The zero-order valence-corrected chi connectivity index (χ0v) is 15.5. The summed E-state index contributed by atoms with van der Waals surface area (Å²) in [6.07, 6.45) is 1.49. The number of aliphatic imine (C=N–C) groups is 1. The molecule has 1 aromatic rings. The number of hydrogen-bond donors (Lipinski definition) is 2. The topological polar surface area (TPSA) is 75.2 Å². The summed E-state index contributed by atoms with van der Waals surface area (Å²) in [5.41, 5.74) is 1.06. The molecule has 1 saturated heterocycles. The van der Waals surface area contributed by atoms with Crippen LogP contribution in [0.5, 0.6) is 11.5 Å². The quantitative estimate of drug-likeness (QED) is 0.600. The van der Waals surface area contributed by atoms with E-state index in [4.69, 9.17) is 9.47 Å². The average Bonchev–Trinajstić information content (AvgIpc) is 3.12. The van der Waals surface area contributed by atoms with Crippen molar-refractivity contribution in [1.82, 2.24) is 15.5 Å². The molecule has 138 valence electrons. The van der Waals surface area contributed by atoms with Gasteiger partial charge in [-0.1, -0.05) is 13.0 Å². The number of likely N-dealkylation sites (tertiary alicyclic amines) is 1. The highest BCUT2D eigenvalue weighted by Gasteiger charge is 2.25. The molecule has 1 aliphatic heterocycles. The number of nitrogens with zero attached hydrogens (tertiary/aromatic N) is 2. The molecule has 7 nitrogen and oxygen atoms in total. The van der Waals surface area contributed by atoms with E-state index in [1.807, 2.05) is 30.0 Å². The molecule has 0 aromatic heterocycles. The van der Waals surface area contributed by atoms with Gasteiger partial charge in [-0.25, -0.2) is 0 Å². The number of carbonyl (C=O) groups excluding carboxylic acids is 1. The third-order valence-electron chi connectivity index (χ3n) is 4.32. The Labute approximate surface area is 149 Å². The number of ether oxygens (including phenoxy) is 2. The van der Waals surface area contributed by atoms with Gasteiger partial charge < -0.3 is 25.0 Å². The Hall–Kier alpha value is -2.44. The highest BCUT2D eigenvalue weighted by atomic mass is 16.5. The zero-order valence-electron chi connectivity index (χ0n) is 15.5. The summed E-state index contributed by atoms with van der Waals surface area (Å²) in [5, 5.41) is 6.68. The second kappa shape index (κ2) is 9.15. The molecule has 2 N–H and O–H groups in total. The van der Waals surface area contributed by atoms with Gasteiger partial charge in [0.2, 0.25) is 5.91 Å². The second-order valence-electron chi connectivity index (χ2n) is 5.94. The van der Waals surface area contributed by atoms with Gasteiger partial charge in [0, 0.05) is 39.1 Å². The lowest BCUT2D eigenvalue weighted by Crippen LogP contribution is -2.44. The molecule has 1 unspecified atom stereocenters. The minimum Gasteiger partial charge on any atom is -0.493 e. The molecule has 1 aliphatic rings. The number of benzene rings is 1. The van der Waals surface area contributed by atoms with Gasteiger partial charge in [0.05, 0.1) is 14.2 Å². The fourth-order valence-electron chi connectivity index (χ4n) is 2.89. The SMILES string of the molecule is CCC(=O)N1CCC(NC(=NC)NCc2ccc(OC)c(OC)c2)C1. The minimum absolute atomic E-state index is 0.206. The summed E-state index contributed by atoms with van der Waals surface area (Å²) in [4.78, 5) is 17.9. The van der Waals surface area contributed by atoms with Crippen molar-refractivity contribution >= 4 is 11.9 Å². The molecule has 2 rings (SSSR count). The van der Waals surface area contributed by atoms with E-state index in [1.165, 1.54) is 0 Å². The Morgan fingerprint density at radius 1 is 1.32 bits per heavy atom. The monoisotopic (exact) mass is 348 g/mol. The lowest BCUT2D eigenvalue weighted by Gasteiger charge is -2.19. The minimum atomic E-state index is 0.206. The van der Waals surface area contributed by atoms with Crippen molar-refractivity contribution in [3.8, 4) is 11.5 Å². The van der Waals surface area contributed by atoms with Gasteiger partial charge in [-0.2, -0.15) is 0 Å². The van der Waals surface area contributed by atoms with Crippen molar-refractivity contribution < 1.29 is 14.3 Å². The van der Waals surface area contributed by atoms with Gasteiger partial charge in [0.25, 0.3) is 0 Å². The van der Waals surface area contributed by atoms with Crippen LogP contribution in [0.15, 0.2) is 23.2 Å². The molecular formula is C18H28N4O3. The first-order chi connectivity index (χ1) is 12.1. The van der Waals surface area contributed by atoms with Crippen molar-refractivity contribution in [3.05, 3.63) is 23.8 Å². The van der Waals surface area contributed by atoms with E-state index in [-0.39, 0.29) is 11.9 Å². The van der Waals surface area contributed by atoms with E-state index in [1.54, 1.807) is 21.3 Å². The van der Waals surface area contributed by atoms with Gasteiger partial charge in [0.15, 0.2) is 17.5 Å². The van der Waals surface area contributed by atoms with Crippen molar-refractivity contribution in [2.45, 2.75) is 32.4 Å². The van der Waals surface area contributed by atoms with Gasteiger partial charge >= 0.3 is 0 Å². The molecule has 7 heteroatoms. The predicted molar refractivity (Wildman–Crippen MR) is 98.2 cm³/mol. The first-order valence-corrected chi connectivity index (χ1v) is 8.57. The van der Waals surface area contributed by atoms with Crippen LogP contribution in [-0.2, 0) is 11.3 Å². The zero-order chi connectivity index (χ0) is 18.2. The number of nitrogens with one attached hydrogen (secondary N) is 2. The lowest BCUT2D eigenvalue weighted by molar-refractivity contribution is -0.129. The van der Waals surface area contributed by atoms with Crippen LogP contribution in [0.25, 0.3) is 0 Å². The third kappa shape index (κ3) is 5.01. The van der Waals surface area contributed by atoms with E-state index >= 15 is 0 Å². The Kier molecular flexibility index (Phi) is 6.91. The van der Waals surface area contributed by atoms with Crippen molar-refractivity contribution in [3.63, 3.8) is 0 Å². The molecule has 0 aliphatic carbocycles. The van der Waals surface area contributed by atoms with Crippen LogP contribution in [-0.4, -0.2) is 57.2 Å².